The van der Waals surface area contributed by atoms with Crippen LogP contribution in [-0.4, -0.2) is 21.5 Å². The smallest absolute Gasteiger partial charge is 0.413 e. The van der Waals surface area contributed by atoms with Gasteiger partial charge in [0.25, 0.3) is 0 Å². The highest BCUT2D eigenvalue weighted by Crippen LogP contribution is 2.20. The molecule has 0 unspecified atom stereocenters. The van der Waals surface area contributed by atoms with E-state index in [4.69, 9.17) is 10.00 Å². The fourth-order valence-corrected chi connectivity index (χ4v) is 1.36. The van der Waals surface area contributed by atoms with Gasteiger partial charge in [-0.2, -0.15) is 10.4 Å². The van der Waals surface area contributed by atoms with Gasteiger partial charge in [-0.15, -0.1) is 0 Å². The Bertz CT molecular complexity index is 477. The van der Waals surface area contributed by atoms with Crippen molar-refractivity contribution in [3.8, 4) is 6.07 Å². The Morgan fingerprint density at radius 3 is 2.61 bits per heavy atom. The fourth-order valence-electron chi connectivity index (χ4n) is 1.36. The number of hydrogen-bond donors (Lipinski definition) is 1. The van der Waals surface area contributed by atoms with Crippen LogP contribution in [0.25, 0.3) is 0 Å². The minimum atomic E-state index is -0.596. The van der Waals surface area contributed by atoms with Gasteiger partial charge in [-0.05, 0) is 34.6 Å². The maximum Gasteiger partial charge on any atom is 0.413 e. The standard InChI is InChI=1S/C12H18N4O2/c1-8(2)16-10(9(6-13)7-14-16)15-11(17)18-12(3,4)5/h7-8H,1-5H3,(H,15,17). The van der Waals surface area contributed by atoms with Crippen molar-refractivity contribution in [1.82, 2.24) is 9.78 Å². The van der Waals surface area contributed by atoms with Crippen molar-refractivity contribution in [2.45, 2.75) is 46.3 Å². The van der Waals surface area contributed by atoms with E-state index < -0.39 is 11.7 Å². The highest BCUT2D eigenvalue weighted by molar-refractivity contribution is 5.85. The lowest BCUT2D eigenvalue weighted by Gasteiger charge is -2.20. The number of carbonyl (C=O) groups is 1. The number of anilines is 1. The molecular formula is C12H18N4O2. The summed E-state index contributed by atoms with van der Waals surface area (Å²) in [5, 5.41) is 15.6. The van der Waals surface area contributed by atoms with Crippen molar-refractivity contribution in [2.75, 3.05) is 5.32 Å². The maximum absolute atomic E-state index is 11.7. The van der Waals surface area contributed by atoms with Crippen LogP contribution in [0, 0.1) is 11.3 Å². The van der Waals surface area contributed by atoms with Crippen molar-refractivity contribution in [2.24, 2.45) is 0 Å². The third-order valence-electron chi connectivity index (χ3n) is 2.02. The molecule has 18 heavy (non-hydrogen) atoms. The summed E-state index contributed by atoms with van der Waals surface area (Å²) < 4.78 is 6.72. The highest BCUT2D eigenvalue weighted by atomic mass is 16.6. The van der Waals surface area contributed by atoms with E-state index in [0.29, 0.717) is 11.4 Å². The van der Waals surface area contributed by atoms with Gasteiger partial charge in [0.15, 0.2) is 5.82 Å². The Morgan fingerprint density at radius 2 is 2.17 bits per heavy atom. The summed E-state index contributed by atoms with van der Waals surface area (Å²) in [6, 6.07) is 2.02. The topological polar surface area (TPSA) is 79.9 Å². The minimum absolute atomic E-state index is 0.0389. The number of rotatable bonds is 2. The molecule has 0 aromatic carbocycles. The number of aromatic nitrogens is 2. The van der Waals surface area contributed by atoms with E-state index in [9.17, 15) is 4.79 Å². The van der Waals surface area contributed by atoms with Gasteiger partial charge >= 0.3 is 6.09 Å². The summed E-state index contributed by atoms with van der Waals surface area (Å²) in [6.45, 7) is 9.15. The van der Waals surface area contributed by atoms with Gasteiger partial charge < -0.3 is 4.74 Å². The van der Waals surface area contributed by atoms with Crippen LogP contribution in [-0.2, 0) is 4.74 Å². The first-order chi connectivity index (χ1) is 8.24. The van der Waals surface area contributed by atoms with Crippen LogP contribution in [0.3, 0.4) is 0 Å². The Hall–Kier alpha value is -2.03. The molecule has 1 aromatic rings. The van der Waals surface area contributed by atoms with Gasteiger partial charge in [-0.1, -0.05) is 0 Å². The summed E-state index contributed by atoms with van der Waals surface area (Å²) in [7, 11) is 0. The quantitative estimate of drug-likeness (QED) is 0.875. The van der Waals surface area contributed by atoms with E-state index in [1.165, 1.54) is 6.20 Å². The average Bonchev–Trinajstić information content (AvgIpc) is 2.57. The van der Waals surface area contributed by atoms with Crippen LogP contribution < -0.4 is 5.32 Å². The van der Waals surface area contributed by atoms with E-state index >= 15 is 0 Å². The lowest BCUT2D eigenvalue weighted by atomic mass is 10.2. The molecule has 0 atom stereocenters. The second-order valence-electron chi connectivity index (χ2n) is 5.18. The third kappa shape index (κ3) is 3.48. The van der Waals surface area contributed by atoms with Crippen molar-refractivity contribution < 1.29 is 9.53 Å². The van der Waals surface area contributed by atoms with Crippen molar-refractivity contribution >= 4 is 11.9 Å². The zero-order valence-corrected chi connectivity index (χ0v) is 11.3. The van der Waals surface area contributed by atoms with Gasteiger partial charge in [0.2, 0.25) is 0 Å². The largest absolute Gasteiger partial charge is 0.444 e. The van der Waals surface area contributed by atoms with Crippen molar-refractivity contribution in [1.29, 1.82) is 5.26 Å². The predicted octanol–water partition coefficient (Wildman–Crippen LogP) is 2.68. The molecule has 1 rings (SSSR count). The van der Waals surface area contributed by atoms with Crippen LogP contribution in [0.5, 0.6) is 0 Å². The summed E-state index contributed by atoms with van der Waals surface area (Å²) >= 11 is 0. The van der Waals surface area contributed by atoms with Crippen molar-refractivity contribution in [3.05, 3.63) is 11.8 Å². The lowest BCUT2D eigenvalue weighted by Crippen LogP contribution is -2.28. The van der Waals surface area contributed by atoms with Crippen LogP contribution in [0.15, 0.2) is 6.20 Å². The normalized spacial score (nSPS) is 11.2. The Kier molecular flexibility index (Phi) is 3.96. The van der Waals surface area contributed by atoms with E-state index in [0.717, 1.165) is 0 Å². The maximum atomic E-state index is 11.7. The molecule has 0 bridgehead atoms. The third-order valence-corrected chi connectivity index (χ3v) is 2.02. The van der Waals surface area contributed by atoms with Crippen LogP contribution >= 0.6 is 0 Å². The Morgan fingerprint density at radius 1 is 1.56 bits per heavy atom. The first kappa shape index (κ1) is 14.0. The molecule has 6 nitrogen and oxygen atoms in total. The predicted molar refractivity (Wildman–Crippen MR) is 67.2 cm³/mol. The molecule has 0 saturated carbocycles. The molecule has 6 heteroatoms. The number of nitrogens with zero attached hydrogens (tertiary/aromatic N) is 3. The molecule has 1 heterocycles. The molecule has 0 saturated heterocycles. The van der Waals surface area contributed by atoms with Gasteiger partial charge in [0.1, 0.15) is 17.2 Å². The number of hydrogen-bond acceptors (Lipinski definition) is 4. The minimum Gasteiger partial charge on any atom is -0.444 e. The Balaban J connectivity index is 2.93. The molecule has 0 radical (unpaired) electrons. The van der Waals surface area contributed by atoms with Gasteiger partial charge in [-0.25, -0.2) is 9.48 Å². The lowest BCUT2D eigenvalue weighted by molar-refractivity contribution is 0.0634. The van der Waals surface area contributed by atoms with E-state index in [2.05, 4.69) is 10.4 Å². The number of ether oxygens (including phenoxy) is 1. The molecule has 0 aliphatic rings. The van der Waals surface area contributed by atoms with E-state index in [1.807, 2.05) is 19.9 Å². The number of nitrogens with one attached hydrogen (secondary N) is 1. The summed E-state index contributed by atoms with van der Waals surface area (Å²) in [5.74, 6) is 0.363. The first-order valence-electron chi connectivity index (χ1n) is 5.72. The fraction of sp³-hybridized carbons (Fsp3) is 0.583. The molecule has 0 aliphatic carbocycles. The first-order valence-corrected chi connectivity index (χ1v) is 5.72. The summed E-state index contributed by atoms with van der Waals surface area (Å²) in [6.07, 6.45) is 0.827. The molecular weight excluding hydrogens is 232 g/mol. The molecule has 0 spiro atoms. The number of amides is 1. The molecule has 1 aromatic heterocycles. The van der Waals surface area contributed by atoms with Crippen LogP contribution in [0.4, 0.5) is 10.6 Å². The zero-order chi connectivity index (χ0) is 13.9. The van der Waals surface area contributed by atoms with Gasteiger partial charge in [0.05, 0.1) is 6.20 Å². The van der Waals surface area contributed by atoms with Crippen LogP contribution in [0.2, 0.25) is 0 Å². The molecule has 1 amide bonds. The van der Waals surface area contributed by atoms with Crippen LogP contribution in [0.1, 0.15) is 46.2 Å². The number of nitriles is 1. The molecule has 98 valence electrons. The molecule has 0 fully saturated rings. The van der Waals surface area contributed by atoms with Gasteiger partial charge in [-0.3, -0.25) is 5.32 Å². The average molecular weight is 250 g/mol. The molecule has 0 aliphatic heterocycles. The summed E-state index contributed by atoms with van der Waals surface area (Å²) in [5.41, 5.74) is -0.269. The SMILES string of the molecule is CC(C)n1ncc(C#N)c1NC(=O)OC(C)(C)C. The second kappa shape index (κ2) is 5.08. The Labute approximate surface area is 107 Å². The van der Waals surface area contributed by atoms with Gasteiger partial charge in [0, 0.05) is 6.04 Å². The van der Waals surface area contributed by atoms with E-state index in [1.54, 1.807) is 25.5 Å². The highest BCUT2D eigenvalue weighted by Gasteiger charge is 2.20. The summed E-state index contributed by atoms with van der Waals surface area (Å²) in [4.78, 5) is 11.7. The second-order valence-corrected chi connectivity index (χ2v) is 5.18. The monoisotopic (exact) mass is 250 g/mol. The molecule has 1 N–H and O–H groups in total. The zero-order valence-electron chi connectivity index (χ0n) is 11.3. The van der Waals surface area contributed by atoms with Crippen molar-refractivity contribution in [3.63, 3.8) is 0 Å². The number of carbonyl (C=O) groups excluding carboxylic acids is 1. The van der Waals surface area contributed by atoms with E-state index in [-0.39, 0.29) is 6.04 Å².